The van der Waals surface area contributed by atoms with E-state index in [2.05, 4.69) is 19.6 Å². The van der Waals surface area contributed by atoms with E-state index in [1.165, 1.54) is 10.6 Å². The molecule has 0 fully saturated rings. The van der Waals surface area contributed by atoms with Gasteiger partial charge < -0.3 is 0 Å². The lowest BCUT2D eigenvalue weighted by molar-refractivity contribution is 0.489. The molecule has 1 aromatic rings. The third-order valence-electron chi connectivity index (χ3n) is 2.73. The molecule has 0 saturated heterocycles. The van der Waals surface area contributed by atoms with Gasteiger partial charge in [0.15, 0.2) is 0 Å². The highest BCUT2D eigenvalue weighted by Crippen LogP contribution is 2.02. The van der Waals surface area contributed by atoms with Crippen LogP contribution in [0.4, 0.5) is 0 Å². The standard InChI is InChI=1S/C12H20N2O2S/c1-3-5-7-13-10(15)9-11(17)14(12(13)16)8-6-4-2/h9,17H,3-8H2,1-2H3. The highest BCUT2D eigenvalue weighted by molar-refractivity contribution is 7.80. The third-order valence-corrected chi connectivity index (χ3v) is 3.10. The quantitative estimate of drug-likeness (QED) is 0.624. The largest absolute Gasteiger partial charge is 0.331 e. The van der Waals surface area contributed by atoms with Gasteiger partial charge >= 0.3 is 5.69 Å². The molecule has 1 heterocycles. The zero-order valence-corrected chi connectivity index (χ0v) is 11.4. The van der Waals surface area contributed by atoms with Crippen molar-refractivity contribution in [1.82, 2.24) is 9.13 Å². The van der Waals surface area contributed by atoms with Crippen LogP contribution in [0.5, 0.6) is 0 Å². The van der Waals surface area contributed by atoms with E-state index in [0.29, 0.717) is 18.1 Å². The third kappa shape index (κ3) is 3.49. The summed E-state index contributed by atoms with van der Waals surface area (Å²) < 4.78 is 2.88. The minimum Gasteiger partial charge on any atom is -0.288 e. The van der Waals surface area contributed by atoms with Crippen molar-refractivity contribution >= 4 is 12.6 Å². The molecule has 0 aliphatic rings. The molecular weight excluding hydrogens is 236 g/mol. The smallest absolute Gasteiger partial charge is 0.288 e. The van der Waals surface area contributed by atoms with Gasteiger partial charge in [0, 0.05) is 19.2 Å². The zero-order valence-electron chi connectivity index (χ0n) is 10.5. The van der Waals surface area contributed by atoms with Gasteiger partial charge in [-0.05, 0) is 12.8 Å². The van der Waals surface area contributed by atoms with Crippen molar-refractivity contribution in [3.8, 4) is 0 Å². The average Bonchev–Trinajstić information content (AvgIpc) is 2.28. The van der Waals surface area contributed by atoms with E-state index in [-0.39, 0.29) is 11.2 Å². The fourth-order valence-corrected chi connectivity index (χ4v) is 1.95. The Bertz CT molecular complexity index is 476. The summed E-state index contributed by atoms with van der Waals surface area (Å²) in [5.41, 5.74) is -0.481. The molecule has 0 saturated carbocycles. The van der Waals surface area contributed by atoms with Gasteiger partial charge in [0.1, 0.15) is 0 Å². The maximum absolute atomic E-state index is 12.1. The Balaban J connectivity index is 3.13. The van der Waals surface area contributed by atoms with Gasteiger partial charge in [-0.2, -0.15) is 0 Å². The molecule has 1 rings (SSSR count). The highest BCUT2D eigenvalue weighted by atomic mass is 32.1. The lowest BCUT2D eigenvalue weighted by Crippen LogP contribution is -2.40. The van der Waals surface area contributed by atoms with Crippen molar-refractivity contribution in [3.05, 3.63) is 26.9 Å². The minimum absolute atomic E-state index is 0.232. The monoisotopic (exact) mass is 256 g/mol. The number of hydrogen-bond donors (Lipinski definition) is 1. The van der Waals surface area contributed by atoms with Gasteiger partial charge in [-0.3, -0.25) is 13.9 Å². The van der Waals surface area contributed by atoms with Crippen LogP contribution in [0.2, 0.25) is 0 Å². The summed E-state index contributed by atoms with van der Waals surface area (Å²) in [5, 5.41) is 0.459. The van der Waals surface area contributed by atoms with Crippen LogP contribution in [-0.2, 0) is 13.1 Å². The van der Waals surface area contributed by atoms with E-state index in [4.69, 9.17) is 0 Å². The predicted octanol–water partition coefficient (Wildman–Crippen LogP) is 1.90. The number of rotatable bonds is 6. The van der Waals surface area contributed by atoms with Crippen molar-refractivity contribution in [2.24, 2.45) is 0 Å². The van der Waals surface area contributed by atoms with Gasteiger partial charge in [-0.15, -0.1) is 12.6 Å². The Morgan fingerprint density at radius 2 is 1.59 bits per heavy atom. The maximum Gasteiger partial charge on any atom is 0.331 e. The topological polar surface area (TPSA) is 44.0 Å². The van der Waals surface area contributed by atoms with Crippen LogP contribution >= 0.6 is 12.6 Å². The molecule has 0 atom stereocenters. The molecule has 96 valence electrons. The van der Waals surface area contributed by atoms with E-state index in [0.717, 1.165) is 25.7 Å². The molecule has 17 heavy (non-hydrogen) atoms. The second kappa shape index (κ2) is 6.69. The summed E-state index contributed by atoms with van der Waals surface area (Å²) >= 11 is 4.20. The number of hydrogen-bond acceptors (Lipinski definition) is 3. The van der Waals surface area contributed by atoms with Crippen molar-refractivity contribution in [2.45, 2.75) is 57.6 Å². The molecule has 1 aromatic heterocycles. The van der Waals surface area contributed by atoms with Gasteiger partial charge in [0.2, 0.25) is 0 Å². The molecule has 5 heteroatoms. The zero-order chi connectivity index (χ0) is 12.8. The first-order valence-corrected chi connectivity index (χ1v) is 6.60. The number of nitrogens with zero attached hydrogens (tertiary/aromatic N) is 2. The Morgan fingerprint density at radius 1 is 1.06 bits per heavy atom. The SMILES string of the molecule is CCCCn1c(S)cc(=O)n(CCCC)c1=O. The number of unbranched alkanes of at least 4 members (excludes halogenated alkanes) is 2. The molecule has 0 N–H and O–H groups in total. The maximum atomic E-state index is 12.1. The second-order valence-corrected chi connectivity index (χ2v) is 4.59. The second-order valence-electron chi connectivity index (χ2n) is 4.13. The fraction of sp³-hybridized carbons (Fsp3) is 0.667. The van der Waals surface area contributed by atoms with E-state index in [9.17, 15) is 9.59 Å². The van der Waals surface area contributed by atoms with E-state index < -0.39 is 0 Å². The number of thiol groups is 1. The summed E-state index contributed by atoms with van der Waals surface area (Å²) in [6, 6.07) is 1.43. The van der Waals surface area contributed by atoms with E-state index >= 15 is 0 Å². The lowest BCUT2D eigenvalue weighted by Gasteiger charge is -2.11. The van der Waals surface area contributed by atoms with Crippen LogP contribution in [0.3, 0.4) is 0 Å². The molecule has 0 spiro atoms. The Morgan fingerprint density at radius 3 is 2.12 bits per heavy atom. The van der Waals surface area contributed by atoms with Gasteiger partial charge in [-0.25, -0.2) is 4.79 Å². The molecule has 4 nitrogen and oxygen atoms in total. The first-order valence-electron chi connectivity index (χ1n) is 6.15. The molecular formula is C12H20N2O2S. The van der Waals surface area contributed by atoms with Crippen LogP contribution in [0.25, 0.3) is 0 Å². The van der Waals surface area contributed by atoms with Crippen molar-refractivity contribution in [1.29, 1.82) is 0 Å². The van der Waals surface area contributed by atoms with E-state index in [1.807, 2.05) is 6.92 Å². The lowest BCUT2D eigenvalue weighted by atomic mass is 10.3. The molecule has 0 aliphatic heterocycles. The summed E-state index contributed by atoms with van der Waals surface area (Å²) in [7, 11) is 0. The Labute approximate surface area is 107 Å². The summed E-state index contributed by atoms with van der Waals surface area (Å²) in [5.74, 6) is 0. The summed E-state index contributed by atoms with van der Waals surface area (Å²) in [6.45, 7) is 5.22. The predicted molar refractivity (Wildman–Crippen MR) is 72.0 cm³/mol. The van der Waals surface area contributed by atoms with Crippen LogP contribution in [0, 0.1) is 0 Å². The molecule has 0 aliphatic carbocycles. The fourth-order valence-electron chi connectivity index (χ4n) is 1.65. The van der Waals surface area contributed by atoms with Crippen molar-refractivity contribution in [3.63, 3.8) is 0 Å². The first kappa shape index (κ1) is 14.1. The van der Waals surface area contributed by atoms with Crippen LogP contribution in [0.1, 0.15) is 39.5 Å². The Kier molecular flexibility index (Phi) is 5.55. The number of aromatic nitrogens is 2. The molecule has 0 radical (unpaired) electrons. The minimum atomic E-state index is -0.249. The van der Waals surface area contributed by atoms with Crippen LogP contribution in [-0.4, -0.2) is 9.13 Å². The normalized spacial score (nSPS) is 10.8. The van der Waals surface area contributed by atoms with Crippen LogP contribution < -0.4 is 11.2 Å². The summed E-state index contributed by atoms with van der Waals surface area (Å²) in [4.78, 5) is 23.8. The Hall–Kier alpha value is -0.970. The molecule has 0 aromatic carbocycles. The molecule has 0 amide bonds. The summed E-state index contributed by atoms with van der Waals surface area (Å²) in [6.07, 6.45) is 3.73. The van der Waals surface area contributed by atoms with Crippen molar-refractivity contribution < 1.29 is 0 Å². The average molecular weight is 256 g/mol. The highest BCUT2D eigenvalue weighted by Gasteiger charge is 2.08. The van der Waals surface area contributed by atoms with Gasteiger partial charge in [0.05, 0.1) is 5.03 Å². The van der Waals surface area contributed by atoms with Gasteiger partial charge in [0.25, 0.3) is 5.56 Å². The van der Waals surface area contributed by atoms with E-state index in [1.54, 1.807) is 4.57 Å². The molecule has 0 unspecified atom stereocenters. The molecule has 0 bridgehead atoms. The van der Waals surface area contributed by atoms with Gasteiger partial charge in [-0.1, -0.05) is 26.7 Å². The van der Waals surface area contributed by atoms with Crippen LogP contribution in [0.15, 0.2) is 20.7 Å². The van der Waals surface area contributed by atoms with Crippen molar-refractivity contribution in [2.75, 3.05) is 0 Å². The first-order chi connectivity index (χ1) is 8.11.